The first-order chi connectivity index (χ1) is 16.6. The molecule has 1 N–H and O–H groups in total. The van der Waals surface area contributed by atoms with E-state index < -0.39 is 0 Å². The Bertz CT molecular complexity index is 1050. The van der Waals surface area contributed by atoms with Crippen LogP contribution in [0.3, 0.4) is 0 Å². The molecule has 8 nitrogen and oxygen atoms in total. The smallest absolute Gasteiger partial charge is 0.321 e. The Kier molecular flexibility index (Phi) is 7.83. The van der Waals surface area contributed by atoms with Crippen LogP contribution in [-0.4, -0.2) is 61.2 Å². The van der Waals surface area contributed by atoms with Crippen LogP contribution < -0.4 is 19.5 Å². The fourth-order valence-electron chi connectivity index (χ4n) is 3.81. The molecular weight excluding hydrogens is 432 g/mol. The van der Waals surface area contributed by atoms with Crippen LogP contribution in [0.4, 0.5) is 10.5 Å². The Balaban J connectivity index is 1.24. The number of piperazine rings is 1. The molecule has 2 amide bonds. The van der Waals surface area contributed by atoms with Gasteiger partial charge in [-0.15, -0.1) is 0 Å². The van der Waals surface area contributed by atoms with Gasteiger partial charge in [0.15, 0.2) is 0 Å². The van der Waals surface area contributed by atoms with E-state index in [1.54, 1.807) is 14.2 Å². The average molecular weight is 463 g/mol. The molecule has 2 heterocycles. The van der Waals surface area contributed by atoms with Gasteiger partial charge in [-0.1, -0.05) is 0 Å². The van der Waals surface area contributed by atoms with E-state index in [-0.39, 0.29) is 6.03 Å². The summed E-state index contributed by atoms with van der Waals surface area (Å²) in [6, 6.07) is 17.0. The summed E-state index contributed by atoms with van der Waals surface area (Å²) in [4.78, 5) is 20.9. The van der Waals surface area contributed by atoms with Crippen molar-refractivity contribution in [3.63, 3.8) is 0 Å². The lowest BCUT2D eigenvalue weighted by molar-refractivity contribution is 0.143. The summed E-state index contributed by atoms with van der Waals surface area (Å²) in [5.74, 6) is 2.15. The number of pyridine rings is 1. The maximum Gasteiger partial charge on any atom is 0.321 e. The molecule has 1 fully saturated rings. The minimum atomic E-state index is -0.0827. The highest BCUT2D eigenvalue weighted by molar-refractivity contribution is 5.89. The summed E-state index contributed by atoms with van der Waals surface area (Å²) >= 11 is 0. The van der Waals surface area contributed by atoms with Crippen LogP contribution in [-0.2, 0) is 13.2 Å². The summed E-state index contributed by atoms with van der Waals surface area (Å²) in [7, 11) is 3.24. The van der Waals surface area contributed by atoms with Crippen molar-refractivity contribution in [2.24, 2.45) is 0 Å². The molecule has 0 atom stereocenters. The van der Waals surface area contributed by atoms with Gasteiger partial charge in [0, 0.05) is 56.9 Å². The molecule has 1 aliphatic heterocycles. The van der Waals surface area contributed by atoms with E-state index in [4.69, 9.17) is 14.2 Å². The van der Waals surface area contributed by atoms with Crippen molar-refractivity contribution in [2.45, 2.75) is 13.2 Å². The Labute approximate surface area is 200 Å². The average Bonchev–Trinajstić information content (AvgIpc) is 2.89. The maximum atomic E-state index is 12.7. The largest absolute Gasteiger partial charge is 0.497 e. The van der Waals surface area contributed by atoms with Crippen LogP contribution in [0.1, 0.15) is 11.1 Å². The third-order valence-corrected chi connectivity index (χ3v) is 5.74. The van der Waals surface area contributed by atoms with Gasteiger partial charge >= 0.3 is 6.03 Å². The summed E-state index contributed by atoms with van der Waals surface area (Å²) < 4.78 is 16.5. The van der Waals surface area contributed by atoms with E-state index in [0.29, 0.717) is 36.9 Å². The summed E-state index contributed by atoms with van der Waals surface area (Å²) in [5.41, 5.74) is 2.91. The second kappa shape index (κ2) is 11.4. The zero-order chi connectivity index (χ0) is 23.8. The molecule has 8 heteroatoms. The summed E-state index contributed by atoms with van der Waals surface area (Å²) in [6.07, 6.45) is 3.62. The van der Waals surface area contributed by atoms with Gasteiger partial charge in [0.1, 0.15) is 23.9 Å². The number of ether oxygens (including phenoxy) is 3. The Hall–Kier alpha value is -3.78. The van der Waals surface area contributed by atoms with Crippen molar-refractivity contribution in [3.8, 4) is 17.2 Å². The van der Waals surface area contributed by atoms with Gasteiger partial charge in [-0.25, -0.2) is 4.79 Å². The Morgan fingerprint density at radius 2 is 1.50 bits per heavy atom. The fourth-order valence-corrected chi connectivity index (χ4v) is 3.81. The zero-order valence-electron chi connectivity index (χ0n) is 19.6. The highest BCUT2D eigenvalue weighted by Crippen LogP contribution is 2.24. The standard InChI is InChI=1S/C26H30N4O4/c1-32-24-15-21(16-25(17-24)33-2)19-34-23-5-3-22(4-6-23)28-26(31)30-13-11-29(12-14-30)18-20-7-9-27-10-8-20/h3-10,15-17H,11-14,18-19H2,1-2H3,(H,28,31). The molecular formula is C26H30N4O4. The van der Waals surface area contributed by atoms with E-state index in [1.165, 1.54) is 5.56 Å². The maximum absolute atomic E-state index is 12.7. The number of amides is 2. The molecule has 1 aliphatic rings. The molecule has 178 valence electrons. The molecule has 3 aromatic rings. The normalized spacial score (nSPS) is 13.9. The number of nitrogens with one attached hydrogen (secondary N) is 1. The molecule has 34 heavy (non-hydrogen) atoms. The van der Waals surface area contributed by atoms with Gasteiger partial charge in [0.25, 0.3) is 0 Å². The van der Waals surface area contributed by atoms with E-state index in [2.05, 4.69) is 15.2 Å². The summed E-state index contributed by atoms with van der Waals surface area (Å²) in [6.45, 7) is 4.34. The van der Waals surface area contributed by atoms with Crippen LogP contribution in [0.15, 0.2) is 67.0 Å². The number of rotatable bonds is 8. The Morgan fingerprint density at radius 1 is 0.853 bits per heavy atom. The first-order valence-electron chi connectivity index (χ1n) is 11.2. The molecule has 0 radical (unpaired) electrons. The van der Waals surface area contributed by atoms with Crippen molar-refractivity contribution in [1.82, 2.24) is 14.8 Å². The minimum Gasteiger partial charge on any atom is -0.497 e. The lowest BCUT2D eigenvalue weighted by Gasteiger charge is -2.34. The van der Waals surface area contributed by atoms with E-state index in [9.17, 15) is 4.79 Å². The second-order valence-corrected chi connectivity index (χ2v) is 8.08. The molecule has 4 rings (SSSR count). The fraction of sp³-hybridized carbons (Fsp3) is 0.308. The monoisotopic (exact) mass is 462 g/mol. The predicted molar refractivity (Wildman–Crippen MR) is 130 cm³/mol. The highest BCUT2D eigenvalue weighted by atomic mass is 16.5. The van der Waals surface area contributed by atoms with Crippen molar-refractivity contribution in [2.75, 3.05) is 45.7 Å². The van der Waals surface area contributed by atoms with E-state index >= 15 is 0 Å². The van der Waals surface area contributed by atoms with Crippen LogP contribution in [0.25, 0.3) is 0 Å². The minimum absolute atomic E-state index is 0.0827. The Morgan fingerprint density at radius 3 is 2.12 bits per heavy atom. The first-order valence-corrected chi connectivity index (χ1v) is 11.2. The number of anilines is 1. The number of aromatic nitrogens is 1. The summed E-state index contributed by atoms with van der Waals surface area (Å²) in [5, 5.41) is 2.98. The predicted octanol–water partition coefficient (Wildman–Crippen LogP) is 4.03. The van der Waals surface area contributed by atoms with Crippen molar-refractivity contribution < 1.29 is 19.0 Å². The number of methoxy groups -OCH3 is 2. The van der Waals surface area contributed by atoms with Gasteiger partial charge in [0.2, 0.25) is 0 Å². The molecule has 0 bridgehead atoms. The zero-order valence-corrected chi connectivity index (χ0v) is 19.6. The van der Waals surface area contributed by atoms with E-state index in [1.807, 2.05) is 71.9 Å². The lowest BCUT2D eigenvalue weighted by atomic mass is 10.2. The number of urea groups is 1. The van der Waals surface area contributed by atoms with Crippen LogP contribution in [0.5, 0.6) is 17.2 Å². The van der Waals surface area contributed by atoms with Crippen LogP contribution in [0.2, 0.25) is 0 Å². The number of hydrogen-bond acceptors (Lipinski definition) is 6. The molecule has 1 saturated heterocycles. The van der Waals surface area contributed by atoms with Crippen molar-refractivity contribution >= 4 is 11.7 Å². The van der Waals surface area contributed by atoms with Crippen molar-refractivity contribution in [3.05, 3.63) is 78.1 Å². The molecule has 2 aromatic carbocycles. The van der Waals surface area contributed by atoms with Gasteiger partial charge in [-0.05, 0) is 59.7 Å². The van der Waals surface area contributed by atoms with Crippen LogP contribution >= 0.6 is 0 Å². The number of carbonyl (C=O) groups excluding carboxylic acids is 1. The topological polar surface area (TPSA) is 76.2 Å². The second-order valence-electron chi connectivity index (χ2n) is 8.08. The number of carbonyl (C=O) groups is 1. The van der Waals surface area contributed by atoms with Gasteiger partial charge < -0.3 is 24.4 Å². The quantitative estimate of drug-likeness (QED) is 0.545. The third kappa shape index (κ3) is 6.39. The number of hydrogen-bond donors (Lipinski definition) is 1. The molecule has 0 saturated carbocycles. The van der Waals surface area contributed by atoms with Crippen molar-refractivity contribution in [1.29, 1.82) is 0 Å². The third-order valence-electron chi connectivity index (χ3n) is 5.74. The number of nitrogens with zero attached hydrogens (tertiary/aromatic N) is 3. The number of benzene rings is 2. The van der Waals surface area contributed by atoms with Crippen LogP contribution in [0, 0.1) is 0 Å². The van der Waals surface area contributed by atoms with E-state index in [0.717, 1.165) is 30.9 Å². The molecule has 0 aliphatic carbocycles. The SMILES string of the molecule is COc1cc(COc2ccc(NC(=O)N3CCN(Cc4ccncc4)CC3)cc2)cc(OC)c1. The molecule has 1 aromatic heterocycles. The molecule has 0 unspecified atom stereocenters. The lowest BCUT2D eigenvalue weighted by Crippen LogP contribution is -2.49. The van der Waals surface area contributed by atoms with Gasteiger partial charge in [-0.2, -0.15) is 0 Å². The van der Waals surface area contributed by atoms with Gasteiger partial charge in [0.05, 0.1) is 14.2 Å². The highest BCUT2D eigenvalue weighted by Gasteiger charge is 2.21. The first kappa shape index (κ1) is 23.4. The molecule has 0 spiro atoms. The van der Waals surface area contributed by atoms with Gasteiger partial charge in [-0.3, -0.25) is 9.88 Å².